The van der Waals surface area contributed by atoms with Crippen LogP contribution in [0.3, 0.4) is 0 Å². The molecule has 5 nitrogen and oxygen atoms in total. The van der Waals surface area contributed by atoms with Crippen molar-refractivity contribution in [2.75, 3.05) is 0 Å². The monoisotopic (exact) mass is 257 g/mol. The number of nitrogens with one attached hydrogen (secondary N) is 1. The molecule has 0 aliphatic rings. The fraction of sp³-hybridized carbons (Fsp3) is 0.143. The van der Waals surface area contributed by atoms with E-state index in [1.165, 1.54) is 6.26 Å². The highest BCUT2D eigenvalue weighted by molar-refractivity contribution is 6.06. The fourth-order valence-electron chi connectivity index (χ4n) is 1.71. The molecule has 5 heteroatoms. The number of hydrogen-bond donors (Lipinski definition) is 2. The molecule has 1 heterocycles. The molecule has 0 saturated heterocycles. The van der Waals surface area contributed by atoms with Gasteiger partial charge in [0.2, 0.25) is 0 Å². The van der Waals surface area contributed by atoms with Crippen LogP contribution in [0.25, 0.3) is 11.0 Å². The lowest BCUT2D eigenvalue weighted by Gasteiger charge is -2.10. The maximum atomic E-state index is 12.0. The number of benzene rings is 1. The van der Waals surface area contributed by atoms with Crippen molar-refractivity contribution in [3.63, 3.8) is 0 Å². The molecule has 0 aliphatic carbocycles. The number of furan rings is 1. The largest absolute Gasteiger partial charge is 0.480 e. The van der Waals surface area contributed by atoms with Gasteiger partial charge >= 0.3 is 5.97 Å². The van der Waals surface area contributed by atoms with Gasteiger partial charge in [-0.1, -0.05) is 18.2 Å². The SMILES string of the molecule is C#CCC(NC(=O)c1coc2ccccc12)C(=O)O. The molecule has 2 rings (SSSR count). The predicted molar refractivity (Wildman–Crippen MR) is 68.6 cm³/mol. The molecule has 1 aromatic heterocycles. The quantitative estimate of drug-likeness (QED) is 0.816. The summed E-state index contributed by atoms with van der Waals surface area (Å²) in [5.74, 6) is 0.530. The van der Waals surface area contributed by atoms with Gasteiger partial charge in [0.05, 0.1) is 5.56 Å². The summed E-state index contributed by atoms with van der Waals surface area (Å²) in [6.07, 6.45) is 6.30. The molecule has 96 valence electrons. The molecule has 2 aromatic rings. The number of carbonyl (C=O) groups is 2. The molecule has 1 atom stereocenters. The van der Waals surface area contributed by atoms with E-state index >= 15 is 0 Å². The van der Waals surface area contributed by atoms with Gasteiger partial charge in [-0.15, -0.1) is 12.3 Å². The third-order valence-electron chi connectivity index (χ3n) is 2.65. The van der Waals surface area contributed by atoms with E-state index < -0.39 is 17.9 Å². The average molecular weight is 257 g/mol. The molecule has 1 amide bonds. The summed E-state index contributed by atoms with van der Waals surface area (Å²) in [7, 11) is 0. The molecule has 0 spiro atoms. The maximum Gasteiger partial charge on any atom is 0.327 e. The van der Waals surface area contributed by atoms with Crippen LogP contribution < -0.4 is 5.32 Å². The second-order valence-corrected chi connectivity index (χ2v) is 3.92. The van der Waals surface area contributed by atoms with Crippen LogP contribution in [0.5, 0.6) is 0 Å². The molecule has 0 radical (unpaired) electrons. The standard InChI is InChI=1S/C14H11NO4/c1-2-5-11(14(17)18)15-13(16)10-8-19-12-7-4-3-6-9(10)12/h1,3-4,6-8,11H,5H2,(H,15,16)(H,17,18). The van der Waals surface area contributed by atoms with Gasteiger partial charge in [-0.05, 0) is 6.07 Å². The third kappa shape index (κ3) is 2.58. The minimum Gasteiger partial charge on any atom is -0.480 e. The summed E-state index contributed by atoms with van der Waals surface area (Å²) in [4.78, 5) is 22.9. The Kier molecular flexibility index (Phi) is 3.53. The first kappa shape index (κ1) is 12.7. The molecule has 2 N–H and O–H groups in total. The zero-order chi connectivity index (χ0) is 13.8. The van der Waals surface area contributed by atoms with E-state index in [9.17, 15) is 9.59 Å². The second-order valence-electron chi connectivity index (χ2n) is 3.92. The fourth-order valence-corrected chi connectivity index (χ4v) is 1.71. The summed E-state index contributed by atoms with van der Waals surface area (Å²) >= 11 is 0. The summed E-state index contributed by atoms with van der Waals surface area (Å²) in [6, 6.07) is 5.90. The van der Waals surface area contributed by atoms with Crippen LogP contribution in [-0.4, -0.2) is 23.0 Å². The highest BCUT2D eigenvalue weighted by Gasteiger charge is 2.21. The number of fused-ring (bicyclic) bond motifs is 1. The third-order valence-corrected chi connectivity index (χ3v) is 2.65. The first-order valence-electron chi connectivity index (χ1n) is 5.57. The van der Waals surface area contributed by atoms with E-state index in [1.807, 2.05) is 0 Å². The van der Waals surface area contributed by atoms with Crippen LogP contribution in [0.2, 0.25) is 0 Å². The summed E-state index contributed by atoms with van der Waals surface area (Å²) in [5, 5.41) is 11.9. The minimum atomic E-state index is -1.17. The average Bonchev–Trinajstić information content (AvgIpc) is 2.81. The molecular weight excluding hydrogens is 246 g/mol. The number of rotatable bonds is 4. The van der Waals surface area contributed by atoms with E-state index in [0.29, 0.717) is 16.5 Å². The van der Waals surface area contributed by atoms with Gasteiger partial charge in [0.25, 0.3) is 5.91 Å². The van der Waals surface area contributed by atoms with E-state index in [4.69, 9.17) is 15.9 Å². The van der Waals surface area contributed by atoms with E-state index in [2.05, 4.69) is 11.2 Å². The number of carboxylic acids is 1. The molecule has 0 saturated carbocycles. The number of amides is 1. The lowest BCUT2D eigenvalue weighted by molar-refractivity contribution is -0.139. The van der Waals surface area contributed by atoms with Gasteiger partial charge in [-0.2, -0.15) is 0 Å². The number of carbonyl (C=O) groups excluding carboxylic acids is 1. The van der Waals surface area contributed by atoms with Crippen LogP contribution in [0, 0.1) is 12.3 Å². The van der Waals surface area contributed by atoms with Crippen molar-refractivity contribution in [3.05, 3.63) is 36.1 Å². The number of carboxylic acid groups (broad SMARTS) is 1. The Labute approximate surface area is 109 Å². The zero-order valence-electron chi connectivity index (χ0n) is 9.92. The summed E-state index contributed by atoms with van der Waals surface area (Å²) in [6.45, 7) is 0. The maximum absolute atomic E-state index is 12.0. The van der Waals surface area contributed by atoms with Gasteiger partial charge in [0.15, 0.2) is 0 Å². The lowest BCUT2D eigenvalue weighted by atomic mass is 10.1. The van der Waals surface area contributed by atoms with Crippen molar-refractivity contribution in [1.29, 1.82) is 0 Å². The molecular formula is C14H11NO4. The van der Waals surface area contributed by atoms with Crippen molar-refractivity contribution in [3.8, 4) is 12.3 Å². The zero-order valence-corrected chi connectivity index (χ0v) is 9.92. The molecule has 1 aromatic carbocycles. The minimum absolute atomic E-state index is 0.0726. The van der Waals surface area contributed by atoms with E-state index in [1.54, 1.807) is 24.3 Å². The Hall–Kier alpha value is -2.74. The van der Waals surface area contributed by atoms with Crippen molar-refractivity contribution in [2.45, 2.75) is 12.5 Å². The van der Waals surface area contributed by atoms with Crippen molar-refractivity contribution >= 4 is 22.8 Å². The van der Waals surface area contributed by atoms with Gasteiger partial charge < -0.3 is 14.8 Å². The van der Waals surface area contributed by atoms with Gasteiger partial charge in [-0.25, -0.2) is 4.79 Å². The van der Waals surface area contributed by atoms with Crippen LogP contribution in [-0.2, 0) is 4.79 Å². The lowest BCUT2D eigenvalue weighted by Crippen LogP contribution is -2.40. The molecule has 1 unspecified atom stereocenters. The number of terminal acetylenes is 1. The Morgan fingerprint density at radius 1 is 1.42 bits per heavy atom. The Bertz CT molecular complexity index is 665. The van der Waals surface area contributed by atoms with Gasteiger partial charge in [0.1, 0.15) is 17.9 Å². The number of hydrogen-bond acceptors (Lipinski definition) is 3. The van der Waals surface area contributed by atoms with Crippen LogP contribution >= 0.6 is 0 Å². The topological polar surface area (TPSA) is 79.5 Å². The van der Waals surface area contributed by atoms with Crippen LogP contribution in [0.4, 0.5) is 0 Å². The molecule has 19 heavy (non-hydrogen) atoms. The van der Waals surface area contributed by atoms with E-state index in [-0.39, 0.29) is 6.42 Å². The summed E-state index contributed by atoms with van der Waals surface area (Å²) in [5.41, 5.74) is 0.857. The second kappa shape index (κ2) is 5.27. The highest BCUT2D eigenvalue weighted by Crippen LogP contribution is 2.20. The number of para-hydroxylation sites is 1. The first-order chi connectivity index (χ1) is 9.13. The Balaban J connectivity index is 2.25. The van der Waals surface area contributed by atoms with Crippen LogP contribution in [0.15, 0.2) is 34.9 Å². The smallest absolute Gasteiger partial charge is 0.327 e. The summed E-state index contributed by atoms with van der Waals surface area (Å²) < 4.78 is 5.22. The van der Waals surface area contributed by atoms with Gasteiger partial charge in [0, 0.05) is 11.8 Å². The molecule has 0 bridgehead atoms. The normalized spacial score (nSPS) is 11.7. The highest BCUT2D eigenvalue weighted by atomic mass is 16.4. The van der Waals surface area contributed by atoms with Gasteiger partial charge in [-0.3, -0.25) is 4.79 Å². The number of aliphatic carboxylic acids is 1. The Morgan fingerprint density at radius 2 is 2.16 bits per heavy atom. The predicted octanol–water partition coefficient (Wildman–Crippen LogP) is 1.64. The molecule has 0 aliphatic heterocycles. The van der Waals surface area contributed by atoms with E-state index in [0.717, 1.165) is 0 Å². The first-order valence-corrected chi connectivity index (χ1v) is 5.57. The van der Waals surface area contributed by atoms with Crippen molar-refractivity contribution < 1.29 is 19.1 Å². The van der Waals surface area contributed by atoms with Crippen molar-refractivity contribution in [2.24, 2.45) is 0 Å². The van der Waals surface area contributed by atoms with Crippen LogP contribution in [0.1, 0.15) is 16.8 Å². The molecule has 0 fully saturated rings. The Morgan fingerprint density at radius 3 is 2.84 bits per heavy atom. The van der Waals surface area contributed by atoms with Crippen molar-refractivity contribution in [1.82, 2.24) is 5.32 Å².